The second-order valence-electron chi connectivity index (χ2n) is 7.43. The quantitative estimate of drug-likeness (QED) is 0.217. The number of aryl methyl sites for hydroxylation is 1. The smallest absolute Gasteiger partial charge is 0.147 e. The van der Waals surface area contributed by atoms with E-state index in [-0.39, 0.29) is 0 Å². The van der Waals surface area contributed by atoms with E-state index in [4.69, 9.17) is 14.5 Å². The van der Waals surface area contributed by atoms with Crippen LogP contribution in [0.3, 0.4) is 0 Å². The maximum atomic E-state index is 6.03. The highest BCUT2D eigenvalue weighted by molar-refractivity contribution is 5.75. The monoisotopic (exact) mass is 412 g/mol. The molecule has 0 unspecified atom stereocenters. The number of unbranched alkanes of at least 4 members (excludes halogenated alkanes) is 1. The Kier molecular flexibility index (Phi) is 7.01. The number of imidazole rings is 1. The number of fused-ring (bicyclic) bond motifs is 1. The van der Waals surface area contributed by atoms with Crippen LogP contribution in [0.5, 0.6) is 11.5 Å². The Hall–Kier alpha value is -3.53. The van der Waals surface area contributed by atoms with Crippen LogP contribution in [0.1, 0.15) is 24.2 Å². The minimum absolute atomic E-state index is 0.449. The van der Waals surface area contributed by atoms with Crippen LogP contribution in [0.25, 0.3) is 11.0 Å². The first-order chi connectivity index (χ1) is 15.3. The maximum absolute atomic E-state index is 6.03. The highest BCUT2D eigenvalue weighted by atomic mass is 16.5. The second kappa shape index (κ2) is 10.5. The zero-order valence-corrected chi connectivity index (χ0v) is 17.7. The van der Waals surface area contributed by atoms with E-state index in [1.54, 1.807) is 0 Å². The molecule has 0 fully saturated rings. The summed E-state index contributed by atoms with van der Waals surface area (Å²) >= 11 is 0. The number of benzene rings is 3. The average molecular weight is 413 g/mol. The van der Waals surface area contributed by atoms with E-state index in [0.29, 0.717) is 13.2 Å². The lowest BCUT2D eigenvalue weighted by atomic mass is 10.1. The summed E-state index contributed by atoms with van der Waals surface area (Å²) in [6, 6.07) is 26.3. The molecule has 4 heteroatoms. The molecule has 0 aliphatic heterocycles. The molecule has 0 saturated heterocycles. The Balaban J connectivity index is 1.37. The van der Waals surface area contributed by atoms with Gasteiger partial charge in [0.1, 0.15) is 23.9 Å². The fraction of sp³-hybridized carbons (Fsp3) is 0.222. The van der Waals surface area contributed by atoms with Crippen molar-refractivity contribution in [2.75, 3.05) is 6.61 Å². The molecule has 3 aromatic carbocycles. The first-order valence-corrected chi connectivity index (χ1v) is 10.8. The number of hydrogen-bond acceptors (Lipinski definition) is 3. The van der Waals surface area contributed by atoms with E-state index in [1.807, 2.05) is 60.7 Å². The second-order valence-corrected chi connectivity index (χ2v) is 7.43. The Morgan fingerprint density at radius 3 is 2.48 bits per heavy atom. The molecule has 0 saturated carbocycles. The molecular formula is C27H28N2O2. The van der Waals surface area contributed by atoms with Gasteiger partial charge in [0.25, 0.3) is 0 Å². The average Bonchev–Trinajstić information content (AvgIpc) is 3.17. The third-order valence-electron chi connectivity index (χ3n) is 5.22. The number of para-hydroxylation sites is 4. The van der Waals surface area contributed by atoms with Crippen LogP contribution in [0.2, 0.25) is 0 Å². The van der Waals surface area contributed by atoms with E-state index >= 15 is 0 Å². The molecule has 0 amide bonds. The van der Waals surface area contributed by atoms with Crippen molar-refractivity contribution in [2.24, 2.45) is 0 Å². The molecule has 0 radical (unpaired) electrons. The van der Waals surface area contributed by atoms with Gasteiger partial charge in [-0.1, -0.05) is 54.6 Å². The van der Waals surface area contributed by atoms with Gasteiger partial charge in [-0.3, -0.25) is 0 Å². The molecular weight excluding hydrogens is 384 g/mol. The molecule has 1 heterocycles. The third-order valence-corrected chi connectivity index (χ3v) is 5.22. The van der Waals surface area contributed by atoms with Crippen molar-refractivity contribution in [3.8, 4) is 11.5 Å². The highest BCUT2D eigenvalue weighted by Crippen LogP contribution is 2.21. The molecule has 0 N–H and O–H groups in total. The van der Waals surface area contributed by atoms with Crippen molar-refractivity contribution in [3.05, 3.63) is 103 Å². The number of ether oxygens (including phenoxy) is 2. The van der Waals surface area contributed by atoms with Crippen LogP contribution < -0.4 is 9.47 Å². The summed E-state index contributed by atoms with van der Waals surface area (Å²) in [6.07, 6.45) is 4.70. The summed E-state index contributed by atoms with van der Waals surface area (Å²) in [6.45, 7) is 5.85. The lowest BCUT2D eigenvalue weighted by molar-refractivity contribution is 0.284. The lowest BCUT2D eigenvalue weighted by Gasteiger charge is -2.12. The number of rotatable bonds is 11. The topological polar surface area (TPSA) is 36.3 Å². The molecule has 4 rings (SSSR count). The van der Waals surface area contributed by atoms with Crippen molar-refractivity contribution in [1.82, 2.24) is 9.55 Å². The normalized spacial score (nSPS) is 10.8. The van der Waals surface area contributed by atoms with Gasteiger partial charge >= 0.3 is 0 Å². The molecule has 0 atom stereocenters. The fourth-order valence-electron chi connectivity index (χ4n) is 3.67. The van der Waals surface area contributed by atoms with E-state index in [9.17, 15) is 0 Å². The predicted molar refractivity (Wildman–Crippen MR) is 126 cm³/mol. The predicted octanol–water partition coefficient (Wildman–Crippen LogP) is 6.20. The van der Waals surface area contributed by atoms with Crippen molar-refractivity contribution in [3.63, 3.8) is 0 Å². The Morgan fingerprint density at radius 1 is 0.839 bits per heavy atom. The summed E-state index contributed by atoms with van der Waals surface area (Å²) in [7, 11) is 0. The molecule has 158 valence electrons. The Bertz CT molecular complexity index is 1120. The third kappa shape index (κ3) is 5.34. The van der Waals surface area contributed by atoms with E-state index < -0.39 is 0 Å². The minimum Gasteiger partial charge on any atom is -0.493 e. The standard InChI is InChI=1S/C27H28N2O2/c1-2-12-22-13-6-9-18-26(22)30-20-11-10-19-29-25-17-8-7-16-24(25)28-27(29)21-31-23-14-4-3-5-15-23/h2-9,13-18H,1,10-12,19-21H2. The molecule has 0 aliphatic rings. The highest BCUT2D eigenvalue weighted by Gasteiger charge is 2.11. The summed E-state index contributed by atoms with van der Waals surface area (Å²) in [5.41, 5.74) is 3.33. The summed E-state index contributed by atoms with van der Waals surface area (Å²) in [4.78, 5) is 4.80. The van der Waals surface area contributed by atoms with Gasteiger partial charge < -0.3 is 14.0 Å². The van der Waals surface area contributed by atoms with Crippen LogP contribution >= 0.6 is 0 Å². The van der Waals surface area contributed by atoms with Crippen LogP contribution in [0.4, 0.5) is 0 Å². The van der Waals surface area contributed by atoms with Gasteiger partial charge in [-0.15, -0.1) is 6.58 Å². The van der Waals surface area contributed by atoms with Crippen LogP contribution in [0, 0.1) is 0 Å². The maximum Gasteiger partial charge on any atom is 0.147 e. The molecule has 4 nitrogen and oxygen atoms in total. The van der Waals surface area contributed by atoms with Crippen LogP contribution in [-0.4, -0.2) is 16.2 Å². The van der Waals surface area contributed by atoms with Crippen molar-refractivity contribution < 1.29 is 9.47 Å². The summed E-state index contributed by atoms with van der Waals surface area (Å²) < 4.78 is 14.3. The van der Waals surface area contributed by atoms with Gasteiger partial charge in [0.2, 0.25) is 0 Å². The first-order valence-electron chi connectivity index (χ1n) is 10.8. The van der Waals surface area contributed by atoms with Gasteiger partial charge in [0.15, 0.2) is 0 Å². The SMILES string of the molecule is C=CCc1ccccc1OCCCCn1c(COc2ccccc2)nc2ccccc21. The van der Waals surface area contributed by atoms with Crippen molar-refractivity contribution in [1.29, 1.82) is 0 Å². The summed E-state index contributed by atoms with van der Waals surface area (Å²) in [5, 5.41) is 0. The Labute approximate surface area is 183 Å². The van der Waals surface area contributed by atoms with Gasteiger partial charge in [-0.2, -0.15) is 0 Å². The van der Waals surface area contributed by atoms with Gasteiger partial charge in [-0.05, 0) is 55.2 Å². The van der Waals surface area contributed by atoms with E-state index in [0.717, 1.165) is 54.2 Å². The molecule has 31 heavy (non-hydrogen) atoms. The fourth-order valence-corrected chi connectivity index (χ4v) is 3.67. The van der Waals surface area contributed by atoms with Crippen LogP contribution in [-0.2, 0) is 19.6 Å². The lowest BCUT2D eigenvalue weighted by Crippen LogP contribution is -2.09. The zero-order valence-electron chi connectivity index (χ0n) is 17.7. The van der Waals surface area contributed by atoms with Crippen molar-refractivity contribution >= 4 is 11.0 Å². The molecule has 1 aromatic heterocycles. The summed E-state index contributed by atoms with van der Waals surface area (Å²) in [5.74, 6) is 2.75. The van der Waals surface area contributed by atoms with Gasteiger partial charge in [-0.25, -0.2) is 4.98 Å². The number of hydrogen-bond donors (Lipinski definition) is 0. The molecule has 0 bridgehead atoms. The molecule has 4 aromatic rings. The number of nitrogens with zero attached hydrogens (tertiary/aromatic N) is 2. The van der Waals surface area contributed by atoms with Gasteiger partial charge in [0, 0.05) is 6.54 Å². The largest absolute Gasteiger partial charge is 0.493 e. The zero-order chi connectivity index (χ0) is 21.3. The Morgan fingerprint density at radius 2 is 1.61 bits per heavy atom. The van der Waals surface area contributed by atoms with E-state index in [2.05, 4.69) is 35.4 Å². The van der Waals surface area contributed by atoms with Gasteiger partial charge in [0.05, 0.1) is 17.6 Å². The minimum atomic E-state index is 0.449. The molecule has 0 aliphatic carbocycles. The van der Waals surface area contributed by atoms with E-state index in [1.165, 1.54) is 5.56 Å². The number of allylic oxidation sites excluding steroid dienone is 1. The van der Waals surface area contributed by atoms with Crippen LogP contribution in [0.15, 0.2) is 91.5 Å². The first kappa shape index (κ1) is 20.7. The number of aromatic nitrogens is 2. The van der Waals surface area contributed by atoms with Crippen molar-refractivity contribution in [2.45, 2.75) is 32.4 Å². The molecule has 0 spiro atoms.